The topological polar surface area (TPSA) is 48.1 Å². The molecule has 1 saturated carbocycles. The van der Waals surface area contributed by atoms with Crippen molar-refractivity contribution in [2.75, 3.05) is 5.32 Å². The zero-order valence-electron chi connectivity index (χ0n) is 12.1. The van der Waals surface area contributed by atoms with E-state index in [1.54, 1.807) is 6.07 Å². The van der Waals surface area contributed by atoms with Crippen LogP contribution in [0.15, 0.2) is 34.8 Å². The second kappa shape index (κ2) is 7.34. The Morgan fingerprint density at radius 3 is 2.57 bits per heavy atom. The molecule has 2 aliphatic rings. The van der Waals surface area contributed by atoms with Gasteiger partial charge in [0.1, 0.15) is 0 Å². The molecule has 0 aliphatic heterocycles. The maximum Gasteiger partial charge on any atom is 0.189 e. The van der Waals surface area contributed by atoms with Crippen molar-refractivity contribution in [3.8, 4) is 0 Å². The van der Waals surface area contributed by atoms with Crippen molar-refractivity contribution in [3.05, 3.63) is 39.8 Å². The highest BCUT2D eigenvalue weighted by molar-refractivity contribution is 9.10. The molecule has 23 heavy (non-hydrogen) atoms. The molecule has 0 amide bonds. The van der Waals surface area contributed by atoms with E-state index in [9.17, 15) is 0 Å². The number of hydrogen-bond acceptors (Lipinski definition) is 2. The molecule has 3 rings (SSSR count). The first-order valence-corrected chi connectivity index (χ1v) is 9.27. The average molecular weight is 432 g/mol. The van der Waals surface area contributed by atoms with Crippen LogP contribution in [0.5, 0.6) is 0 Å². The molecule has 8 heteroatoms. The van der Waals surface area contributed by atoms with Gasteiger partial charge in [0.25, 0.3) is 0 Å². The quantitative estimate of drug-likeness (QED) is 0.325. The van der Waals surface area contributed by atoms with Gasteiger partial charge in [-0.25, -0.2) is 0 Å². The van der Waals surface area contributed by atoms with Gasteiger partial charge in [0.05, 0.1) is 5.02 Å². The number of fused-ring (bicyclic) bond motifs is 2. The van der Waals surface area contributed by atoms with E-state index in [2.05, 4.69) is 49.6 Å². The Labute approximate surface area is 159 Å². The molecule has 4 N–H and O–H groups in total. The first kappa shape index (κ1) is 17.0. The molecule has 122 valence electrons. The number of thiocarbonyl (C=S) groups is 2. The first-order valence-electron chi connectivity index (χ1n) is 7.28. The lowest BCUT2D eigenvalue weighted by Gasteiger charge is -2.22. The highest BCUT2D eigenvalue weighted by Gasteiger charge is 2.35. The number of allylic oxidation sites excluding steroid dienone is 1. The summed E-state index contributed by atoms with van der Waals surface area (Å²) in [5.74, 6) is 1.30. The van der Waals surface area contributed by atoms with Gasteiger partial charge in [-0.2, -0.15) is 0 Å². The summed E-state index contributed by atoms with van der Waals surface area (Å²) in [4.78, 5) is 0. The van der Waals surface area contributed by atoms with Crippen LogP contribution < -0.4 is 21.5 Å². The van der Waals surface area contributed by atoms with Gasteiger partial charge >= 0.3 is 0 Å². The fraction of sp³-hybridized carbons (Fsp3) is 0.333. The van der Waals surface area contributed by atoms with E-state index < -0.39 is 0 Å². The Morgan fingerprint density at radius 1 is 1.13 bits per heavy atom. The van der Waals surface area contributed by atoms with Crippen LogP contribution in [0.2, 0.25) is 5.02 Å². The lowest BCUT2D eigenvalue weighted by atomic mass is 10.0. The van der Waals surface area contributed by atoms with Crippen molar-refractivity contribution in [3.63, 3.8) is 0 Å². The van der Waals surface area contributed by atoms with E-state index in [1.807, 2.05) is 12.1 Å². The summed E-state index contributed by atoms with van der Waals surface area (Å²) in [6, 6.07) is 5.94. The van der Waals surface area contributed by atoms with E-state index in [0.29, 0.717) is 33.1 Å². The predicted octanol–water partition coefficient (Wildman–Crippen LogP) is 3.73. The predicted molar refractivity (Wildman–Crippen MR) is 107 cm³/mol. The van der Waals surface area contributed by atoms with Crippen molar-refractivity contribution in [1.29, 1.82) is 0 Å². The third kappa shape index (κ3) is 4.35. The van der Waals surface area contributed by atoms with Crippen molar-refractivity contribution in [1.82, 2.24) is 16.2 Å². The second-order valence-electron chi connectivity index (χ2n) is 5.69. The summed E-state index contributed by atoms with van der Waals surface area (Å²) in [5, 5.41) is 7.96. The largest absolute Gasteiger partial charge is 0.358 e. The fourth-order valence-corrected chi connectivity index (χ4v) is 3.80. The Morgan fingerprint density at radius 2 is 1.91 bits per heavy atom. The lowest BCUT2D eigenvalue weighted by molar-refractivity contribution is 0.518. The first-order chi connectivity index (χ1) is 11.0. The Balaban J connectivity index is 1.42. The van der Waals surface area contributed by atoms with Gasteiger partial charge in [0, 0.05) is 16.2 Å². The van der Waals surface area contributed by atoms with E-state index in [0.717, 1.165) is 16.6 Å². The number of nitrogens with one attached hydrogen (secondary N) is 4. The molecule has 2 aliphatic carbocycles. The Hall–Kier alpha value is -0.890. The van der Waals surface area contributed by atoms with Crippen molar-refractivity contribution in [2.24, 2.45) is 11.8 Å². The molecule has 0 saturated heterocycles. The summed E-state index contributed by atoms with van der Waals surface area (Å²) in [5.41, 5.74) is 6.59. The maximum absolute atomic E-state index is 6.05. The molecule has 0 aromatic heterocycles. The third-order valence-electron chi connectivity index (χ3n) is 4.06. The van der Waals surface area contributed by atoms with Crippen molar-refractivity contribution >= 4 is 67.9 Å². The number of rotatable bonds is 2. The van der Waals surface area contributed by atoms with Crippen LogP contribution in [-0.4, -0.2) is 16.3 Å². The lowest BCUT2D eigenvalue weighted by Crippen LogP contribution is -2.51. The fourth-order valence-electron chi connectivity index (χ4n) is 3.00. The van der Waals surface area contributed by atoms with Crippen molar-refractivity contribution in [2.45, 2.75) is 18.9 Å². The molecule has 3 atom stereocenters. The normalized spacial score (nSPS) is 24.3. The molecule has 1 aromatic carbocycles. The van der Waals surface area contributed by atoms with Gasteiger partial charge in [0.15, 0.2) is 10.2 Å². The molecule has 0 heterocycles. The Bertz CT molecular complexity index is 667. The molecular weight excluding hydrogens is 416 g/mol. The monoisotopic (exact) mass is 430 g/mol. The minimum Gasteiger partial charge on any atom is -0.358 e. The maximum atomic E-state index is 6.05. The molecule has 2 bridgehead atoms. The van der Waals surface area contributed by atoms with Crippen LogP contribution >= 0.6 is 52.0 Å². The summed E-state index contributed by atoms with van der Waals surface area (Å²) in [7, 11) is 0. The van der Waals surface area contributed by atoms with E-state index >= 15 is 0 Å². The second-order valence-corrected chi connectivity index (χ2v) is 7.77. The summed E-state index contributed by atoms with van der Waals surface area (Å²) < 4.78 is 0.840. The standard InChI is InChI=1S/C15H16BrClN4S2/c16-11-4-3-10(7-12(11)17)18-14(22)20-21-15(23)19-13-6-8-1-2-9(13)5-8/h1-4,7-9,13H,5-6H2,(H2,18,20,22)(H2,19,21,23)/t8-,9+,13-/m1/s1. The van der Waals surface area contributed by atoms with Crippen LogP contribution in [-0.2, 0) is 0 Å². The number of benzene rings is 1. The van der Waals surface area contributed by atoms with Gasteiger partial charge < -0.3 is 10.6 Å². The number of anilines is 1. The smallest absolute Gasteiger partial charge is 0.189 e. The van der Waals surface area contributed by atoms with Crippen LogP contribution in [0.1, 0.15) is 12.8 Å². The Kier molecular flexibility index (Phi) is 5.41. The SMILES string of the molecule is S=C(NNC(=S)N[C@@H]1C[C@@H]2C=C[C@H]1C2)Nc1ccc(Br)c(Cl)c1. The molecule has 0 radical (unpaired) electrons. The van der Waals surface area contributed by atoms with Gasteiger partial charge in [0.2, 0.25) is 0 Å². The van der Waals surface area contributed by atoms with Crippen LogP contribution in [0, 0.1) is 11.8 Å². The van der Waals surface area contributed by atoms with Crippen LogP contribution in [0.25, 0.3) is 0 Å². The van der Waals surface area contributed by atoms with Crippen LogP contribution in [0.3, 0.4) is 0 Å². The molecule has 0 unspecified atom stereocenters. The zero-order chi connectivity index (χ0) is 16.4. The number of halogens is 2. The van der Waals surface area contributed by atoms with Gasteiger partial charge in [-0.3, -0.25) is 10.9 Å². The zero-order valence-corrected chi connectivity index (χ0v) is 16.1. The molecule has 0 spiro atoms. The third-order valence-corrected chi connectivity index (χ3v) is 5.72. The molecule has 1 aromatic rings. The van der Waals surface area contributed by atoms with Gasteiger partial charge in [-0.05, 0) is 83.2 Å². The summed E-state index contributed by atoms with van der Waals surface area (Å²) >= 11 is 19.9. The van der Waals surface area contributed by atoms with E-state index in [1.165, 1.54) is 6.42 Å². The molecule has 4 nitrogen and oxygen atoms in total. The van der Waals surface area contributed by atoms with Gasteiger partial charge in [-0.1, -0.05) is 23.8 Å². The summed E-state index contributed by atoms with van der Waals surface area (Å²) in [6.45, 7) is 0. The molecule has 1 fully saturated rings. The van der Waals surface area contributed by atoms with Gasteiger partial charge in [-0.15, -0.1) is 0 Å². The highest BCUT2D eigenvalue weighted by atomic mass is 79.9. The minimum atomic E-state index is 0.415. The molecular formula is C15H16BrClN4S2. The summed E-state index contributed by atoms with van der Waals surface area (Å²) in [6.07, 6.45) is 6.96. The van der Waals surface area contributed by atoms with E-state index in [-0.39, 0.29) is 0 Å². The van der Waals surface area contributed by atoms with E-state index in [4.69, 9.17) is 36.0 Å². The van der Waals surface area contributed by atoms with Crippen molar-refractivity contribution < 1.29 is 0 Å². The number of hydrogen-bond donors (Lipinski definition) is 4. The minimum absolute atomic E-state index is 0.415. The highest BCUT2D eigenvalue weighted by Crippen LogP contribution is 2.38. The average Bonchev–Trinajstić information content (AvgIpc) is 3.12. The van der Waals surface area contributed by atoms with Crippen LogP contribution in [0.4, 0.5) is 5.69 Å². The number of hydrazine groups is 1.